The number of hydrogen-bond acceptors (Lipinski definition) is 9. The molecule has 0 saturated carbocycles. The number of carbonyl (C=O) groups excluding carboxylic acids is 1. The first-order chi connectivity index (χ1) is 17.2. The van der Waals surface area contributed by atoms with Gasteiger partial charge in [0.1, 0.15) is 6.04 Å². The molecule has 0 bridgehead atoms. The van der Waals surface area contributed by atoms with E-state index < -0.39 is 0 Å². The van der Waals surface area contributed by atoms with Crippen LogP contribution in [0.25, 0.3) is 0 Å². The average molecular weight is 518 g/mol. The van der Waals surface area contributed by atoms with Crippen LogP contribution in [0.4, 0.5) is 0 Å². The van der Waals surface area contributed by atoms with E-state index in [2.05, 4.69) is 20.4 Å². The molecule has 5 rings (SSSR count). The zero-order valence-electron chi connectivity index (χ0n) is 20.4. The Morgan fingerprint density at radius 1 is 1.14 bits per heavy atom. The van der Waals surface area contributed by atoms with E-state index in [1.165, 1.54) is 6.26 Å². The molecular weight excluding hydrogens is 488 g/mol. The summed E-state index contributed by atoms with van der Waals surface area (Å²) in [5, 5.41) is 12.8. The first-order valence-electron chi connectivity index (χ1n) is 11.8. The largest absolute Gasteiger partial charge is 1.00 e. The number of methoxy groups -OCH3 is 2. The number of furan rings is 1. The fourth-order valence-electron chi connectivity index (χ4n) is 4.88. The molecule has 2 aliphatic heterocycles. The molecule has 0 spiro atoms. The first-order valence-corrected chi connectivity index (χ1v) is 11.8. The Morgan fingerprint density at radius 2 is 1.97 bits per heavy atom. The number of para-hydroxylation sites is 1. The lowest BCUT2D eigenvalue weighted by Gasteiger charge is -2.39. The molecule has 2 unspecified atom stereocenters. The van der Waals surface area contributed by atoms with Crippen molar-refractivity contribution < 1.29 is 35.8 Å². The molecule has 2 saturated heterocycles. The number of halogens is 1. The molecule has 2 fully saturated rings. The van der Waals surface area contributed by atoms with Crippen molar-refractivity contribution in [2.45, 2.75) is 31.5 Å². The highest BCUT2D eigenvalue weighted by Gasteiger charge is 2.35. The number of carbonyl (C=O) groups is 1. The van der Waals surface area contributed by atoms with Crippen molar-refractivity contribution in [1.82, 2.24) is 30.0 Å². The number of amides is 1. The minimum absolute atomic E-state index is 0. The van der Waals surface area contributed by atoms with Crippen molar-refractivity contribution in [1.29, 1.82) is 0 Å². The van der Waals surface area contributed by atoms with Crippen LogP contribution < -0.4 is 21.9 Å². The maximum Gasteiger partial charge on any atom is 0.289 e. The molecule has 0 aliphatic carbocycles. The summed E-state index contributed by atoms with van der Waals surface area (Å²) in [7, 11) is 3.25. The average Bonchev–Trinajstić information content (AvgIpc) is 3.68. The van der Waals surface area contributed by atoms with Crippen LogP contribution >= 0.6 is 0 Å². The minimum atomic E-state index is -0.294. The van der Waals surface area contributed by atoms with E-state index in [0.717, 1.165) is 25.0 Å². The molecule has 0 radical (unpaired) electrons. The van der Waals surface area contributed by atoms with Crippen molar-refractivity contribution in [3.8, 4) is 11.5 Å². The van der Waals surface area contributed by atoms with Gasteiger partial charge in [0.25, 0.3) is 5.91 Å². The summed E-state index contributed by atoms with van der Waals surface area (Å²) in [5.41, 5.74) is 0.904. The Kier molecular flexibility index (Phi) is 8.44. The molecular formula is C24H30ClN6O5-. The minimum Gasteiger partial charge on any atom is -1.00 e. The lowest BCUT2D eigenvalue weighted by Crippen LogP contribution is -3.00. The lowest BCUT2D eigenvalue weighted by atomic mass is 10.0. The van der Waals surface area contributed by atoms with Gasteiger partial charge in [-0.2, -0.15) is 0 Å². The molecule has 1 amide bonds. The van der Waals surface area contributed by atoms with Crippen LogP contribution in [0.1, 0.15) is 40.8 Å². The van der Waals surface area contributed by atoms with Gasteiger partial charge in [-0.05, 0) is 41.5 Å². The number of aromatic nitrogens is 4. The van der Waals surface area contributed by atoms with Crippen LogP contribution in [0.15, 0.2) is 41.0 Å². The lowest BCUT2D eigenvalue weighted by molar-refractivity contribution is -0.0000199. The van der Waals surface area contributed by atoms with Crippen LogP contribution in [0.3, 0.4) is 0 Å². The van der Waals surface area contributed by atoms with Crippen molar-refractivity contribution in [3.05, 3.63) is 53.7 Å². The molecule has 2 aliphatic rings. The fourth-order valence-corrected chi connectivity index (χ4v) is 4.88. The summed E-state index contributed by atoms with van der Waals surface area (Å²) < 4.78 is 24.3. The van der Waals surface area contributed by atoms with E-state index >= 15 is 0 Å². The van der Waals surface area contributed by atoms with E-state index in [9.17, 15) is 4.79 Å². The van der Waals surface area contributed by atoms with E-state index in [1.54, 1.807) is 26.4 Å². The third-order valence-corrected chi connectivity index (χ3v) is 6.63. The van der Waals surface area contributed by atoms with E-state index in [-0.39, 0.29) is 30.5 Å². The molecule has 194 valence electrons. The number of piperazine rings is 1. The van der Waals surface area contributed by atoms with Crippen LogP contribution in [0, 0.1) is 0 Å². The van der Waals surface area contributed by atoms with Crippen LogP contribution in [-0.4, -0.2) is 89.0 Å². The normalized spacial score (nSPS) is 19.1. The molecule has 3 aromatic rings. The molecule has 0 N–H and O–H groups in total. The van der Waals surface area contributed by atoms with E-state index in [0.29, 0.717) is 55.8 Å². The molecule has 2 atom stereocenters. The smallest absolute Gasteiger partial charge is 0.289 e. The highest BCUT2D eigenvalue weighted by molar-refractivity contribution is 5.91. The summed E-state index contributed by atoms with van der Waals surface area (Å²) in [6, 6.07) is 8.94. The Hall–Kier alpha value is -3.15. The van der Waals surface area contributed by atoms with Gasteiger partial charge in [-0.3, -0.25) is 9.69 Å². The second-order valence-corrected chi connectivity index (χ2v) is 8.64. The second kappa shape index (κ2) is 11.7. The van der Waals surface area contributed by atoms with Gasteiger partial charge in [0.2, 0.25) is 0 Å². The number of rotatable bonds is 8. The van der Waals surface area contributed by atoms with Crippen molar-refractivity contribution in [3.63, 3.8) is 0 Å². The van der Waals surface area contributed by atoms with Gasteiger partial charge in [0.05, 0.1) is 33.1 Å². The number of ether oxygens (including phenoxy) is 3. The van der Waals surface area contributed by atoms with Gasteiger partial charge in [0, 0.05) is 38.3 Å². The van der Waals surface area contributed by atoms with Crippen molar-refractivity contribution in [2.75, 3.05) is 47.0 Å². The van der Waals surface area contributed by atoms with E-state index in [4.69, 9.17) is 18.6 Å². The van der Waals surface area contributed by atoms with E-state index in [1.807, 2.05) is 27.8 Å². The SMILES string of the molecule is COc1cccc(C(c2nnnn2CC2CCCO2)N2CCN(C(=O)c3ccco3)CC2)c1OC.[Cl-]. The third-order valence-electron chi connectivity index (χ3n) is 6.63. The van der Waals surface area contributed by atoms with Crippen molar-refractivity contribution in [2.24, 2.45) is 0 Å². The van der Waals surface area contributed by atoms with Crippen LogP contribution in [0.2, 0.25) is 0 Å². The highest BCUT2D eigenvalue weighted by atomic mass is 35.5. The Morgan fingerprint density at radius 3 is 2.64 bits per heavy atom. The molecule has 4 heterocycles. The standard InChI is InChI=1S/C24H30N6O5.ClH/c1-32-19-8-3-7-18(22(19)33-2)21(23-25-26-27-30(23)16-17-6-4-14-34-17)28-10-12-29(13-11-28)24(31)20-9-5-15-35-20;/h3,5,7-9,15,17,21H,4,6,10-14,16H2,1-2H3;1H/p-1. The molecule has 11 nitrogen and oxygen atoms in total. The molecule has 12 heteroatoms. The summed E-state index contributed by atoms with van der Waals surface area (Å²) in [6.45, 7) is 3.71. The van der Waals surface area contributed by atoms with Gasteiger partial charge in [0.15, 0.2) is 23.1 Å². The maximum absolute atomic E-state index is 12.8. The molecule has 2 aromatic heterocycles. The number of benzene rings is 1. The quantitative estimate of drug-likeness (QED) is 0.372. The van der Waals surface area contributed by atoms with Gasteiger partial charge in [-0.15, -0.1) is 5.10 Å². The first kappa shape index (κ1) is 25.9. The zero-order chi connectivity index (χ0) is 24.2. The monoisotopic (exact) mass is 517 g/mol. The maximum atomic E-state index is 12.8. The van der Waals surface area contributed by atoms with Gasteiger partial charge < -0.3 is 35.9 Å². The third kappa shape index (κ3) is 5.18. The molecule has 36 heavy (non-hydrogen) atoms. The van der Waals surface area contributed by atoms with Gasteiger partial charge >= 0.3 is 0 Å². The van der Waals surface area contributed by atoms with Crippen molar-refractivity contribution >= 4 is 5.91 Å². The van der Waals surface area contributed by atoms with Crippen LogP contribution in [-0.2, 0) is 11.3 Å². The summed E-state index contributed by atoms with van der Waals surface area (Å²) in [6.07, 6.45) is 3.64. The number of nitrogens with zero attached hydrogens (tertiary/aromatic N) is 6. The second-order valence-electron chi connectivity index (χ2n) is 8.64. The predicted octanol–water partition coefficient (Wildman–Crippen LogP) is -0.986. The number of tetrazole rings is 1. The fraction of sp³-hybridized carbons (Fsp3) is 0.500. The Bertz CT molecular complexity index is 1130. The Labute approximate surface area is 215 Å². The summed E-state index contributed by atoms with van der Waals surface area (Å²) in [4.78, 5) is 16.9. The van der Waals surface area contributed by atoms with Gasteiger partial charge in [-0.25, -0.2) is 4.68 Å². The molecule has 1 aromatic carbocycles. The topological polar surface area (TPSA) is 108 Å². The Balaban J connectivity index is 0.00000304. The summed E-state index contributed by atoms with van der Waals surface area (Å²) in [5.74, 6) is 2.23. The number of hydrogen-bond donors (Lipinski definition) is 0. The predicted molar refractivity (Wildman–Crippen MR) is 124 cm³/mol. The zero-order valence-corrected chi connectivity index (χ0v) is 21.1. The highest BCUT2D eigenvalue weighted by Crippen LogP contribution is 2.40. The summed E-state index contributed by atoms with van der Waals surface area (Å²) >= 11 is 0. The van der Waals surface area contributed by atoms with Crippen LogP contribution in [0.5, 0.6) is 11.5 Å². The van der Waals surface area contributed by atoms with Gasteiger partial charge in [-0.1, -0.05) is 12.1 Å².